The van der Waals surface area contributed by atoms with Crippen LogP contribution in [0.15, 0.2) is 78.9 Å². The highest BCUT2D eigenvalue weighted by molar-refractivity contribution is 5.94. The summed E-state index contributed by atoms with van der Waals surface area (Å²) in [6.07, 6.45) is 0.145. The fourth-order valence-electron chi connectivity index (χ4n) is 3.43. The normalized spacial score (nSPS) is 11.5. The zero-order valence-electron chi connectivity index (χ0n) is 18.2. The summed E-state index contributed by atoms with van der Waals surface area (Å²) in [7, 11) is 1.60. The average Bonchev–Trinajstić information content (AvgIpc) is 2.78. The first-order valence-electron chi connectivity index (χ1n) is 10.3. The lowest BCUT2D eigenvalue weighted by Crippen LogP contribution is -2.35. The molecule has 0 aromatic heterocycles. The van der Waals surface area contributed by atoms with E-state index in [1.807, 2.05) is 85.8 Å². The Hall–Kier alpha value is -3.60. The van der Waals surface area contributed by atoms with Crippen LogP contribution in [-0.4, -0.2) is 18.9 Å². The molecule has 3 aromatic carbocycles. The molecule has 0 unspecified atom stereocenters. The Balaban J connectivity index is 1.88. The largest absolute Gasteiger partial charge is 0.497 e. The van der Waals surface area contributed by atoms with Gasteiger partial charge in [0.05, 0.1) is 26.1 Å². The number of carbonyl (C=O) groups is 2. The molecule has 2 amide bonds. The molecule has 3 rings (SSSR count). The Morgan fingerprint density at radius 2 is 1.58 bits per heavy atom. The maximum Gasteiger partial charge on any atom is 0.229 e. The standard InChI is InChI=1S/C26H28N2O3/c1-19-9-13-23(14-10-19)28(18-21-7-5-4-6-8-21)26(30)17-25(27-20(2)29)22-11-15-24(31-3)16-12-22/h4-16,25H,17-18H2,1-3H3,(H,27,29)/t25-/m1/s1. The third-order valence-corrected chi connectivity index (χ3v) is 5.10. The van der Waals surface area contributed by atoms with E-state index >= 15 is 0 Å². The van der Waals surface area contributed by atoms with Gasteiger partial charge < -0.3 is 15.0 Å². The van der Waals surface area contributed by atoms with Gasteiger partial charge >= 0.3 is 0 Å². The minimum absolute atomic E-state index is 0.0673. The summed E-state index contributed by atoms with van der Waals surface area (Å²) in [6.45, 7) is 3.93. The number of nitrogens with one attached hydrogen (secondary N) is 1. The molecule has 0 aliphatic heterocycles. The fraction of sp³-hybridized carbons (Fsp3) is 0.231. The van der Waals surface area contributed by atoms with Crippen molar-refractivity contribution in [2.45, 2.75) is 32.9 Å². The van der Waals surface area contributed by atoms with E-state index in [0.29, 0.717) is 6.54 Å². The zero-order chi connectivity index (χ0) is 22.2. The summed E-state index contributed by atoms with van der Waals surface area (Å²) in [5.74, 6) is 0.475. The van der Waals surface area contributed by atoms with Crippen molar-refractivity contribution < 1.29 is 14.3 Å². The van der Waals surface area contributed by atoms with E-state index in [-0.39, 0.29) is 18.2 Å². The molecule has 3 aromatic rings. The van der Waals surface area contributed by atoms with E-state index in [0.717, 1.165) is 28.1 Å². The second-order valence-electron chi connectivity index (χ2n) is 7.53. The van der Waals surface area contributed by atoms with Gasteiger partial charge in [-0.05, 0) is 42.3 Å². The van der Waals surface area contributed by atoms with Gasteiger partial charge in [0, 0.05) is 12.6 Å². The monoisotopic (exact) mass is 416 g/mol. The van der Waals surface area contributed by atoms with E-state index in [4.69, 9.17) is 4.74 Å². The number of amides is 2. The van der Waals surface area contributed by atoms with E-state index in [1.165, 1.54) is 6.92 Å². The first kappa shape index (κ1) is 22.1. The number of hydrogen-bond acceptors (Lipinski definition) is 3. The van der Waals surface area contributed by atoms with Crippen LogP contribution in [0.2, 0.25) is 0 Å². The lowest BCUT2D eigenvalue weighted by atomic mass is 10.0. The van der Waals surface area contributed by atoms with Gasteiger partial charge in [-0.1, -0.05) is 60.2 Å². The van der Waals surface area contributed by atoms with Crippen molar-refractivity contribution in [3.8, 4) is 5.75 Å². The van der Waals surface area contributed by atoms with E-state index < -0.39 is 6.04 Å². The van der Waals surface area contributed by atoms with Gasteiger partial charge in [-0.25, -0.2) is 0 Å². The van der Waals surface area contributed by atoms with Gasteiger partial charge in [0.2, 0.25) is 11.8 Å². The topological polar surface area (TPSA) is 58.6 Å². The molecule has 0 saturated carbocycles. The maximum absolute atomic E-state index is 13.5. The summed E-state index contributed by atoms with van der Waals surface area (Å²) in [5.41, 5.74) is 3.85. The van der Waals surface area contributed by atoms with Crippen LogP contribution in [0.1, 0.15) is 36.1 Å². The lowest BCUT2D eigenvalue weighted by Gasteiger charge is -2.26. The smallest absolute Gasteiger partial charge is 0.229 e. The second kappa shape index (κ2) is 10.4. The summed E-state index contributed by atoms with van der Waals surface area (Å²) in [6, 6.07) is 24.8. The second-order valence-corrected chi connectivity index (χ2v) is 7.53. The van der Waals surface area contributed by atoms with Crippen molar-refractivity contribution in [1.82, 2.24) is 5.32 Å². The molecule has 0 bridgehead atoms. The molecule has 5 heteroatoms. The highest BCUT2D eigenvalue weighted by Crippen LogP contribution is 2.25. The minimum Gasteiger partial charge on any atom is -0.497 e. The molecule has 31 heavy (non-hydrogen) atoms. The first-order valence-corrected chi connectivity index (χ1v) is 10.3. The SMILES string of the molecule is COc1ccc([C@@H](CC(=O)N(Cc2ccccc2)c2ccc(C)cc2)NC(C)=O)cc1. The summed E-state index contributed by atoms with van der Waals surface area (Å²) in [4.78, 5) is 27.1. The number of benzene rings is 3. The third-order valence-electron chi connectivity index (χ3n) is 5.10. The Morgan fingerprint density at radius 1 is 0.935 bits per heavy atom. The number of rotatable bonds is 8. The van der Waals surface area contributed by atoms with E-state index in [2.05, 4.69) is 5.32 Å². The van der Waals surface area contributed by atoms with Crippen LogP contribution >= 0.6 is 0 Å². The van der Waals surface area contributed by atoms with E-state index in [1.54, 1.807) is 12.0 Å². The maximum atomic E-state index is 13.5. The molecule has 0 aliphatic carbocycles. The van der Waals surface area contributed by atoms with Crippen LogP contribution in [0.4, 0.5) is 5.69 Å². The molecule has 160 valence electrons. The molecule has 0 heterocycles. The fourth-order valence-corrected chi connectivity index (χ4v) is 3.43. The molecular weight excluding hydrogens is 388 g/mol. The molecule has 5 nitrogen and oxygen atoms in total. The number of ether oxygens (including phenoxy) is 1. The van der Waals surface area contributed by atoms with Gasteiger partial charge in [-0.15, -0.1) is 0 Å². The Kier molecular flexibility index (Phi) is 7.44. The van der Waals surface area contributed by atoms with Crippen LogP contribution in [0.25, 0.3) is 0 Å². The predicted octanol–water partition coefficient (Wildman–Crippen LogP) is 4.80. The van der Waals surface area contributed by atoms with Crippen molar-refractivity contribution in [3.63, 3.8) is 0 Å². The molecule has 0 aliphatic rings. The summed E-state index contributed by atoms with van der Waals surface area (Å²) in [5, 5.41) is 2.92. The number of anilines is 1. The van der Waals surface area contributed by atoms with Crippen molar-refractivity contribution >= 4 is 17.5 Å². The van der Waals surface area contributed by atoms with E-state index in [9.17, 15) is 9.59 Å². The molecule has 0 fully saturated rings. The molecular formula is C26H28N2O3. The van der Waals surface area contributed by atoms with Gasteiger partial charge in [0.25, 0.3) is 0 Å². The molecule has 1 N–H and O–H groups in total. The lowest BCUT2D eigenvalue weighted by molar-refractivity contribution is -0.121. The van der Waals surface area contributed by atoms with Crippen LogP contribution in [0.3, 0.4) is 0 Å². The van der Waals surface area contributed by atoms with Gasteiger partial charge in [-0.3, -0.25) is 9.59 Å². The number of methoxy groups -OCH3 is 1. The quantitative estimate of drug-likeness (QED) is 0.574. The van der Waals surface area contributed by atoms with Gasteiger partial charge in [0.1, 0.15) is 5.75 Å². The van der Waals surface area contributed by atoms with Crippen molar-refractivity contribution in [2.24, 2.45) is 0 Å². The highest BCUT2D eigenvalue weighted by atomic mass is 16.5. The number of aryl methyl sites for hydroxylation is 1. The summed E-state index contributed by atoms with van der Waals surface area (Å²) < 4.78 is 5.22. The minimum atomic E-state index is -0.431. The zero-order valence-corrected chi connectivity index (χ0v) is 18.2. The summed E-state index contributed by atoms with van der Waals surface area (Å²) >= 11 is 0. The number of hydrogen-bond donors (Lipinski definition) is 1. The molecule has 1 atom stereocenters. The molecule has 0 spiro atoms. The van der Waals surface area contributed by atoms with Crippen LogP contribution in [0.5, 0.6) is 5.75 Å². The van der Waals surface area contributed by atoms with Crippen LogP contribution < -0.4 is 15.0 Å². The van der Waals surface area contributed by atoms with Crippen molar-refractivity contribution in [3.05, 3.63) is 95.6 Å². The highest BCUT2D eigenvalue weighted by Gasteiger charge is 2.23. The van der Waals surface area contributed by atoms with Crippen LogP contribution in [0, 0.1) is 6.92 Å². The first-order chi connectivity index (χ1) is 15.0. The number of carbonyl (C=O) groups excluding carboxylic acids is 2. The molecule has 0 saturated heterocycles. The third kappa shape index (κ3) is 6.19. The van der Waals surface area contributed by atoms with Gasteiger partial charge in [-0.2, -0.15) is 0 Å². The Labute approximate surface area is 183 Å². The predicted molar refractivity (Wildman–Crippen MR) is 123 cm³/mol. The van der Waals surface area contributed by atoms with Crippen LogP contribution in [-0.2, 0) is 16.1 Å². The van der Waals surface area contributed by atoms with Crippen molar-refractivity contribution in [1.29, 1.82) is 0 Å². The molecule has 0 radical (unpaired) electrons. The number of nitrogens with zero attached hydrogens (tertiary/aromatic N) is 1. The van der Waals surface area contributed by atoms with Crippen molar-refractivity contribution in [2.75, 3.05) is 12.0 Å². The Bertz CT molecular complexity index is 999. The van der Waals surface area contributed by atoms with Gasteiger partial charge in [0.15, 0.2) is 0 Å². The average molecular weight is 417 g/mol. The Morgan fingerprint density at radius 3 is 2.16 bits per heavy atom.